The van der Waals surface area contributed by atoms with Crippen LogP contribution in [0.5, 0.6) is 0 Å². The number of benzene rings is 2. The highest BCUT2D eigenvalue weighted by Gasteiger charge is 2.28. The number of rotatable bonds is 5. The Kier molecular flexibility index (Phi) is 6.25. The van der Waals surface area contributed by atoms with E-state index in [1.165, 1.54) is 16.8 Å². The van der Waals surface area contributed by atoms with Crippen molar-refractivity contribution in [2.45, 2.75) is 19.8 Å². The monoisotopic (exact) mass is 494 g/mol. The van der Waals surface area contributed by atoms with Gasteiger partial charge in [-0.25, -0.2) is 14.1 Å². The van der Waals surface area contributed by atoms with Crippen LogP contribution in [0.3, 0.4) is 0 Å². The van der Waals surface area contributed by atoms with Gasteiger partial charge >= 0.3 is 5.97 Å². The van der Waals surface area contributed by atoms with E-state index in [1.807, 2.05) is 24.0 Å². The van der Waals surface area contributed by atoms with Gasteiger partial charge in [0.1, 0.15) is 11.6 Å². The Hall–Kier alpha value is -3.72. The van der Waals surface area contributed by atoms with Gasteiger partial charge in [0.2, 0.25) is 5.95 Å². The molecule has 8 nitrogen and oxygen atoms in total. The molecule has 0 saturated carbocycles. The van der Waals surface area contributed by atoms with Crippen LogP contribution in [0, 0.1) is 11.7 Å². The minimum Gasteiger partial charge on any atom is -0.466 e. The standard InChI is InChI=1S/C25H24ClFN6O2/c1-2-35-24(34)16-10-12-32(13-11-16)25-29-21(15-6-8-17(26)9-7-15)20-22(28)33(31-23(20)30-25)19-5-3-4-18(27)14-19/h3-9,14,16H,2,10-13,28H2,1H3. The molecule has 35 heavy (non-hydrogen) atoms. The second-order valence-corrected chi connectivity index (χ2v) is 8.80. The largest absolute Gasteiger partial charge is 0.466 e. The third-order valence-electron chi connectivity index (χ3n) is 6.13. The van der Waals surface area contributed by atoms with Gasteiger partial charge in [-0.15, -0.1) is 5.10 Å². The van der Waals surface area contributed by atoms with Crippen molar-refractivity contribution in [1.82, 2.24) is 19.7 Å². The fourth-order valence-electron chi connectivity index (χ4n) is 4.34. The minimum atomic E-state index is -0.393. The van der Waals surface area contributed by atoms with E-state index in [0.29, 0.717) is 71.7 Å². The van der Waals surface area contributed by atoms with Gasteiger partial charge in [0, 0.05) is 23.7 Å². The summed E-state index contributed by atoms with van der Waals surface area (Å²) < 4.78 is 20.6. The van der Waals surface area contributed by atoms with E-state index in [1.54, 1.807) is 24.3 Å². The molecule has 2 aromatic heterocycles. The SMILES string of the molecule is CCOC(=O)C1CCN(c2nc(-c3ccc(Cl)cc3)c3c(N)n(-c4cccc(F)c4)nc3n2)CC1. The molecule has 4 aromatic rings. The second kappa shape index (κ2) is 9.50. The number of nitrogens with two attached hydrogens (primary N) is 1. The third kappa shape index (κ3) is 4.51. The summed E-state index contributed by atoms with van der Waals surface area (Å²) in [5.41, 5.74) is 8.79. The molecule has 0 unspecified atom stereocenters. The van der Waals surface area contributed by atoms with Crippen molar-refractivity contribution in [2.75, 3.05) is 30.3 Å². The highest BCUT2D eigenvalue weighted by atomic mass is 35.5. The lowest BCUT2D eigenvalue weighted by Gasteiger charge is -2.31. The topological polar surface area (TPSA) is 99.2 Å². The highest BCUT2D eigenvalue weighted by Crippen LogP contribution is 2.34. The zero-order chi connectivity index (χ0) is 24.5. The van der Waals surface area contributed by atoms with Gasteiger partial charge < -0.3 is 15.4 Å². The molecule has 2 aromatic carbocycles. The molecule has 10 heteroatoms. The summed E-state index contributed by atoms with van der Waals surface area (Å²) in [5.74, 6) is 0.118. The van der Waals surface area contributed by atoms with Crippen LogP contribution < -0.4 is 10.6 Å². The van der Waals surface area contributed by atoms with Crippen molar-refractivity contribution in [2.24, 2.45) is 5.92 Å². The molecule has 5 rings (SSSR count). The van der Waals surface area contributed by atoms with Crippen molar-refractivity contribution in [3.63, 3.8) is 0 Å². The fraction of sp³-hybridized carbons (Fsp3) is 0.280. The van der Waals surface area contributed by atoms with Crippen LogP contribution in [0.1, 0.15) is 19.8 Å². The van der Waals surface area contributed by atoms with E-state index in [2.05, 4.69) is 5.10 Å². The molecule has 0 amide bonds. The molecule has 0 atom stereocenters. The van der Waals surface area contributed by atoms with E-state index in [0.717, 1.165) is 5.56 Å². The van der Waals surface area contributed by atoms with Crippen molar-refractivity contribution in [3.05, 3.63) is 59.4 Å². The number of fused-ring (bicyclic) bond motifs is 1. The summed E-state index contributed by atoms with van der Waals surface area (Å²) in [7, 11) is 0. The molecular weight excluding hydrogens is 471 g/mol. The number of esters is 1. The number of ether oxygens (including phenoxy) is 1. The van der Waals surface area contributed by atoms with Gasteiger partial charge in [-0.2, -0.15) is 4.98 Å². The maximum absolute atomic E-state index is 13.9. The first-order chi connectivity index (χ1) is 16.9. The summed E-state index contributed by atoms with van der Waals surface area (Å²) >= 11 is 6.11. The van der Waals surface area contributed by atoms with Crippen LogP contribution >= 0.6 is 11.6 Å². The molecule has 0 radical (unpaired) electrons. The number of aromatic nitrogens is 4. The third-order valence-corrected chi connectivity index (χ3v) is 6.38. The number of nitrogen functional groups attached to an aromatic ring is 1. The fourth-order valence-corrected chi connectivity index (χ4v) is 4.46. The van der Waals surface area contributed by atoms with Crippen LogP contribution in [0.4, 0.5) is 16.2 Å². The molecule has 0 bridgehead atoms. The van der Waals surface area contributed by atoms with E-state index < -0.39 is 5.82 Å². The van der Waals surface area contributed by atoms with Gasteiger partial charge in [-0.05, 0) is 50.1 Å². The normalized spacial score (nSPS) is 14.4. The molecule has 2 N–H and O–H groups in total. The summed E-state index contributed by atoms with van der Waals surface area (Å²) in [6, 6.07) is 13.3. The first-order valence-corrected chi connectivity index (χ1v) is 11.8. The summed E-state index contributed by atoms with van der Waals surface area (Å²) in [5, 5.41) is 5.77. The Morgan fingerprint density at radius 2 is 1.91 bits per heavy atom. The van der Waals surface area contributed by atoms with Gasteiger partial charge in [0.05, 0.1) is 29.3 Å². The Balaban J connectivity index is 1.58. The summed E-state index contributed by atoms with van der Waals surface area (Å²) in [6.45, 7) is 3.39. The maximum atomic E-state index is 13.9. The Labute approximate surface area is 206 Å². The Bertz CT molecular complexity index is 1380. The maximum Gasteiger partial charge on any atom is 0.309 e. The van der Waals surface area contributed by atoms with Crippen LogP contribution in [0.25, 0.3) is 28.0 Å². The van der Waals surface area contributed by atoms with Crippen molar-refractivity contribution in [3.8, 4) is 16.9 Å². The van der Waals surface area contributed by atoms with E-state index in [4.69, 9.17) is 32.0 Å². The minimum absolute atomic E-state index is 0.131. The average molecular weight is 495 g/mol. The lowest BCUT2D eigenvalue weighted by Crippen LogP contribution is -2.38. The zero-order valence-electron chi connectivity index (χ0n) is 19.1. The molecule has 3 heterocycles. The molecule has 1 saturated heterocycles. The van der Waals surface area contributed by atoms with Crippen molar-refractivity contribution in [1.29, 1.82) is 0 Å². The average Bonchev–Trinajstić information content (AvgIpc) is 3.20. The van der Waals surface area contributed by atoms with Gasteiger partial charge in [-0.1, -0.05) is 29.8 Å². The van der Waals surface area contributed by atoms with Crippen molar-refractivity contribution < 1.29 is 13.9 Å². The van der Waals surface area contributed by atoms with Gasteiger partial charge in [-0.3, -0.25) is 4.79 Å². The molecular formula is C25H24ClFN6O2. The zero-order valence-corrected chi connectivity index (χ0v) is 19.9. The molecule has 180 valence electrons. The predicted octanol–water partition coefficient (Wildman–Crippen LogP) is 4.64. The molecule has 0 aliphatic carbocycles. The second-order valence-electron chi connectivity index (χ2n) is 8.37. The molecule has 1 aliphatic rings. The number of nitrogens with zero attached hydrogens (tertiary/aromatic N) is 5. The smallest absolute Gasteiger partial charge is 0.309 e. The van der Waals surface area contributed by atoms with E-state index >= 15 is 0 Å². The predicted molar refractivity (Wildman–Crippen MR) is 133 cm³/mol. The van der Waals surface area contributed by atoms with E-state index in [-0.39, 0.29) is 11.9 Å². The van der Waals surface area contributed by atoms with Gasteiger partial charge in [0.25, 0.3) is 0 Å². The van der Waals surface area contributed by atoms with Crippen LogP contribution in [-0.2, 0) is 9.53 Å². The number of piperidine rings is 1. The number of carbonyl (C=O) groups is 1. The van der Waals surface area contributed by atoms with Gasteiger partial charge in [0.15, 0.2) is 5.65 Å². The number of hydrogen-bond donors (Lipinski definition) is 1. The summed E-state index contributed by atoms with van der Waals surface area (Å²) in [6.07, 6.45) is 1.30. The number of halogens is 2. The first-order valence-electron chi connectivity index (χ1n) is 11.4. The van der Waals surface area contributed by atoms with E-state index in [9.17, 15) is 9.18 Å². The number of anilines is 2. The molecule has 0 spiro atoms. The van der Waals surface area contributed by atoms with Crippen LogP contribution in [0.2, 0.25) is 5.02 Å². The quantitative estimate of drug-likeness (QED) is 0.403. The lowest BCUT2D eigenvalue weighted by atomic mass is 9.97. The number of carbonyl (C=O) groups excluding carboxylic acids is 1. The van der Waals surface area contributed by atoms with Crippen molar-refractivity contribution >= 4 is 40.4 Å². The molecule has 1 aliphatic heterocycles. The lowest BCUT2D eigenvalue weighted by molar-refractivity contribution is -0.148. The molecule has 1 fully saturated rings. The summed E-state index contributed by atoms with van der Waals surface area (Å²) in [4.78, 5) is 23.7. The Morgan fingerprint density at radius 3 is 2.60 bits per heavy atom. The Morgan fingerprint density at radius 1 is 1.17 bits per heavy atom. The number of hydrogen-bond acceptors (Lipinski definition) is 7. The van der Waals surface area contributed by atoms with Crippen LogP contribution in [0.15, 0.2) is 48.5 Å². The first kappa shape index (κ1) is 23.0. The van der Waals surface area contributed by atoms with Crippen LogP contribution in [-0.4, -0.2) is 45.4 Å². The highest BCUT2D eigenvalue weighted by molar-refractivity contribution is 6.30.